The van der Waals surface area contributed by atoms with E-state index in [0.29, 0.717) is 33.3 Å². The maximum absolute atomic E-state index is 13.1. The highest BCUT2D eigenvalue weighted by molar-refractivity contribution is 9.10. The van der Waals surface area contributed by atoms with Gasteiger partial charge in [0.1, 0.15) is 23.2 Å². The van der Waals surface area contributed by atoms with Gasteiger partial charge in [-0.25, -0.2) is 9.37 Å². The highest BCUT2D eigenvalue weighted by atomic mass is 79.9. The van der Waals surface area contributed by atoms with Crippen molar-refractivity contribution in [3.63, 3.8) is 0 Å². The smallest absolute Gasteiger partial charge is 0.227 e. The van der Waals surface area contributed by atoms with E-state index in [0.717, 1.165) is 0 Å². The molecule has 0 radical (unpaired) electrons. The standard InChI is InChI=1S/C12H11BrFN3O/c1-6-11(15)16-7(2)17-12(6)18-8-3-4-10(14)9(13)5-8/h3-5H,1-2H3,(H2,15,16,17). The molecule has 0 bridgehead atoms. The van der Waals surface area contributed by atoms with Crippen molar-refractivity contribution in [1.29, 1.82) is 0 Å². The van der Waals surface area contributed by atoms with Crippen LogP contribution in [0.4, 0.5) is 10.2 Å². The van der Waals surface area contributed by atoms with E-state index in [9.17, 15) is 4.39 Å². The van der Waals surface area contributed by atoms with E-state index in [1.54, 1.807) is 13.8 Å². The fraction of sp³-hybridized carbons (Fsp3) is 0.167. The molecule has 0 saturated heterocycles. The monoisotopic (exact) mass is 311 g/mol. The van der Waals surface area contributed by atoms with Crippen molar-refractivity contribution in [1.82, 2.24) is 9.97 Å². The van der Waals surface area contributed by atoms with Crippen LogP contribution >= 0.6 is 15.9 Å². The molecule has 0 aliphatic carbocycles. The lowest BCUT2D eigenvalue weighted by atomic mass is 10.3. The molecule has 6 heteroatoms. The topological polar surface area (TPSA) is 61.0 Å². The Balaban J connectivity index is 2.36. The fourth-order valence-electron chi connectivity index (χ4n) is 1.37. The van der Waals surface area contributed by atoms with Gasteiger partial charge in [0.15, 0.2) is 0 Å². The molecule has 4 nitrogen and oxygen atoms in total. The first-order valence-corrected chi connectivity index (χ1v) is 6.00. The quantitative estimate of drug-likeness (QED) is 0.923. The molecule has 94 valence electrons. The average Bonchev–Trinajstić information content (AvgIpc) is 2.30. The number of nitrogens with two attached hydrogens (primary N) is 1. The summed E-state index contributed by atoms with van der Waals surface area (Å²) in [5.41, 5.74) is 6.38. The number of anilines is 1. The Kier molecular flexibility index (Phi) is 3.47. The molecule has 0 spiro atoms. The van der Waals surface area contributed by atoms with E-state index in [-0.39, 0.29) is 5.82 Å². The highest BCUT2D eigenvalue weighted by Gasteiger charge is 2.10. The second kappa shape index (κ2) is 4.89. The van der Waals surface area contributed by atoms with Crippen molar-refractivity contribution in [2.45, 2.75) is 13.8 Å². The third-order valence-electron chi connectivity index (χ3n) is 2.36. The van der Waals surface area contributed by atoms with Crippen LogP contribution in [-0.4, -0.2) is 9.97 Å². The van der Waals surface area contributed by atoms with Gasteiger partial charge in [-0.3, -0.25) is 0 Å². The normalized spacial score (nSPS) is 10.4. The lowest BCUT2D eigenvalue weighted by Crippen LogP contribution is -2.02. The average molecular weight is 312 g/mol. The minimum atomic E-state index is -0.350. The molecule has 0 amide bonds. The van der Waals surface area contributed by atoms with Crippen LogP contribution in [0.1, 0.15) is 11.4 Å². The van der Waals surface area contributed by atoms with Gasteiger partial charge in [-0.2, -0.15) is 4.98 Å². The number of nitrogen functional groups attached to an aromatic ring is 1. The molecular weight excluding hydrogens is 301 g/mol. The molecule has 0 atom stereocenters. The predicted octanol–water partition coefficient (Wildman–Crippen LogP) is 3.37. The molecule has 18 heavy (non-hydrogen) atoms. The van der Waals surface area contributed by atoms with Crippen LogP contribution < -0.4 is 10.5 Å². The number of benzene rings is 1. The number of rotatable bonds is 2. The zero-order valence-corrected chi connectivity index (χ0v) is 11.5. The summed E-state index contributed by atoms with van der Waals surface area (Å²) in [5, 5.41) is 0. The van der Waals surface area contributed by atoms with Crippen molar-refractivity contribution in [3.05, 3.63) is 39.9 Å². The van der Waals surface area contributed by atoms with Crippen molar-refractivity contribution in [3.8, 4) is 11.6 Å². The van der Waals surface area contributed by atoms with Crippen LogP contribution in [0.2, 0.25) is 0 Å². The van der Waals surface area contributed by atoms with Gasteiger partial charge in [0.2, 0.25) is 5.88 Å². The SMILES string of the molecule is Cc1nc(N)c(C)c(Oc2ccc(F)c(Br)c2)n1. The van der Waals surface area contributed by atoms with E-state index >= 15 is 0 Å². The first kappa shape index (κ1) is 12.8. The lowest BCUT2D eigenvalue weighted by molar-refractivity contribution is 0.454. The molecule has 0 aliphatic heterocycles. The van der Waals surface area contributed by atoms with Crippen molar-refractivity contribution in [2.24, 2.45) is 0 Å². The second-order valence-corrected chi connectivity index (χ2v) is 4.62. The molecule has 0 unspecified atom stereocenters. The van der Waals surface area contributed by atoms with Gasteiger partial charge in [0.25, 0.3) is 0 Å². The third kappa shape index (κ3) is 2.59. The number of nitrogens with zero attached hydrogens (tertiary/aromatic N) is 2. The second-order valence-electron chi connectivity index (χ2n) is 3.76. The Morgan fingerprint density at radius 2 is 2.00 bits per heavy atom. The zero-order chi connectivity index (χ0) is 13.3. The van der Waals surface area contributed by atoms with Crippen LogP contribution in [0, 0.1) is 19.7 Å². The van der Waals surface area contributed by atoms with Gasteiger partial charge in [-0.05, 0) is 48.0 Å². The molecule has 1 heterocycles. The molecule has 2 aromatic rings. The Bertz CT molecular complexity index is 604. The maximum atomic E-state index is 13.1. The Labute approximate surface area is 112 Å². The first-order chi connectivity index (χ1) is 8.47. The van der Waals surface area contributed by atoms with Crippen LogP contribution in [0.5, 0.6) is 11.6 Å². The summed E-state index contributed by atoms with van der Waals surface area (Å²) in [7, 11) is 0. The molecule has 0 aliphatic rings. The maximum Gasteiger partial charge on any atom is 0.227 e. The predicted molar refractivity (Wildman–Crippen MR) is 70.1 cm³/mol. The van der Waals surface area contributed by atoms with E-state index in [2.05, 4.69) is 25.9 Å². The Hall–Kier alpha value is -1.69. The summed E-state index contributed by atoms with van der Waals surface area (Å²) >= 11 is 3.09. The van der Waals surface area contributed by atoms with Gasteiger partial charge >= 0.3 is 0 Å². The van der Waals surface area contributed by atoms with E-state index < -0.39 is 0 Å². The summed E-state index contributed by atoms with van der Waals surface area (Å²) in [6, 6.07) is 4.36. The van der Waals surface area contributed by atoms with Crippen molar-refractivity contribution in [2.75, 3.05) is 5.73 Å². The number of hydrogen-bond acceptors (Lipinski definition) is 4. The van der Waals surface area contributed by atoms with E-state index in [1.165, 1.54) is 18.2 Å². The van der Waals surface area contributed by atoms with Crippen molar-refractivity contribution < 1.29 is 9.13 Å². The van der Waals surface area contributed by atoms with Gasteiger partial charge in [-0.15, -0.1) is 0 Å². The van der Waals surface area contributed by atoms with Gasteiger partial charge in [0, 0.05) is 0 Å². The number of aromatic nitrogens is 2. The summed E-state index contributed by atoms with van der Waals surface area (Å²) in [6.45, 7) is 3.49. The number of aryl methyl sites for hydroxylation is 1. The van der Waals surface area contributed by atoms with Crippen molar-refractivity contribution >= 4 is 21.7 Å². The zero-order valence-electron chi connectivity index (χ0n) is 9.87. The number of hydrogen-bond donors (Lipinski definition) is 1. The summed E-state index contributed by atoms with van der Waals surface area (Å²) < 4.78 is 19.0. The first-order valence-electron chi connectivity index (χ1n) is 5.21. The Morgan fingerprint density at radius 3 is 2.67 bits per heavy atom. The molecule has 1 aromatic heterocycles. The minimum Gasteiger partial charge on any atom is -0.439 e. The van der Waals surface area contributed by atoms with Gasteiger partial charge in [0.05, 0.1) is 10.0 Å². The molecular formula is C12H11BrFN3O. The van der Waals surface area contributed by atoms with Crippen LogP contribution in [0.15, 0.2) is 22.7 Å². The van der Waals surface area contributed by atoms with E-state index in [1.807, 2.05) is 0 Å². The summed E-state index contributed by atoms with van der Waals surface area (Å²) in [5.74, 6) is 1.40. The number of ether oxygens (including phenoxy) is 1. The molecule has 1 aromatic carbocycles. The third-order valence-corrected chi connectivity index (χ3v) is 2.96. The largest absolute Gasteiger partial charge is 0.439 e. The minimum absolute atomic E-state index is 0.330. The van der Waals surface area contributed by atoms with Crippen LogP contribution in [0.25, 0.3) is 0 Å². The van der Waals surface area contributed by atoms with Gasteiger partial charge in [-0.1, -0.05) is 0 Å². The molecule has 0 saturated carbocycles. The van der Waals surface area contributed by atoms with Crippen LogP contribution in [-0.2, 0) is 0 Å². The van der Waals surface area contributed by atoms with E-state index in [4.69, 9.17) is 10.5 Å². The highest BCUT2D eigenvalue weighted by Crippen LogP contribution is 2.28. The number of halogens is 2. The summed E-state index contributed by atoms with van der Waals surface area (Å²) in [4.78, 5) is 8.18. The fourth-order valence-corrected chi connectivity index (χ4v) is 1.73. The molecule has 2 N–H and O–H groups in total. The lowest BCUT2D eigenvalue weighted by Gasteiger charge is -2.10. The molecule has 2 rings (SSSR count). The van der Waals surface area contributed by atoms with Crippen LogP contribution in [0.3, 0.4) is 0 Å². The molecule has 0 fully saturated rings. The summed E-state index contributed by atoms with van der Waals surface area (Å²) in [6.07, 6.45) is 0. The van der Waals surface area contributed by atoms with Gasteiger partial charge < -0.3 is 10.5 Å². The Morgan fingerprint density at radius 1 is 1.28 bits per heavy atom.